The first-order valence-electron chi connectivity index (χ1n) is 10.5. The maximum absolute atomic E-state index is 13.0. The summed E-state index contributed by atoms with van der Waals surface area (Å²) in [5.74, 6) is -0.281. The number of aromatic nitrogens is 2. The summed E-state index contributed by atoms with van der Waals surface area (Å²) >= 11 is 7.61. The van der Waals surface area contributed by atoms with Crippen molar-refractivity contribution in [2.75, 3.05) is 18.4 Å². The molecule has 2 heterocycles. The molecule has 0 aliphatic carbocycles. The number of thioether (sulfide) groups is 1. The molecule has 1 N–H and O–H groups in total. The van der Waals surface area contributed by atoms with Crippen molar-refractivity contribution in [3.05, 3.63) is 47.5 Å². The first-order valence-corrected chi connectivity index (χ1v) is 13.2. The molecule has 1 aliphatic rings. The maximum Gasteiger partial charge on any atom is 0.243 e. The van der Waals surface area contributed by atoms with E-state index in [1.54, 1.807) is 6.92 Å². The van der Waals surface area contributed by atoms with E-state index in [2.05, 4.69) is 10.3 Å². The van der Waals surface area contributed by atoms with E-state index in [1.165, 1.54) is 34.3 Å². The van der Waals surface area contributed by atoms with Gasteiger partial charge in [-0.2, -0.15) is 4.31 Å². The Morgan fingerprint density at radius 1 is 1.16 bits per heavy atom. The number of benzene rings is 2. The number of hydrogen-bond acceptors (Lipinski definition) is 5. The second-order valence-corrected chi connectivity index (χ2v) is 11.5. The van der Waals surface area contributed by atoms with Crippen molar-refractivity contribution in [1.82, 2.24) is 13.9 Å². The smallest absolute Gasteiger partial charge is 0.243 e. The monoisotopic (exact) mass is 492 g/mol. The first-order chi connectivity index (χ1) is 15.3. The molecule has 0 bridgehead atoms. The number of amides is 1. The molecule has 0 spiro atoms. The molecule has 0 radical (unpaired) electrons. The van der Waals surface area contributed by atoms with Crippen LogP contribution in [-0.2, 0) is 21.9 Å². The zero-order valence-electron chi connectivity index (χ0n) is 17.9. The molecule has 32 heavy (non-hydrogen) atoms. The van der Waals surface area contributed by atoms with Crippen LogP contribution < -0.4 is 5.32 Å². The van der Waals surface area contributed by atoms with Gasteiger partial charge in [0, 0.05) is 20.1 Å². The second kappa shape index (κ2) is 9.43. The van der Waals surface area contributed by atoms with Gasteiger partial charge in [-0.25, -0.2) is 13.4 Å². The molecule has 1 saturated heterocycles. The Kier molecular flexibility index (Phi) is 6.80. The maximum atomic E-state index is 13.0. The molecule has 1 amide bonds. The van der Waals surface area contributed by atoms with Crippen LogP contribution in [0.4, 0.5) is 5.69 Å². The largest absolute Gasteiger partial charge is 0.324 e. The molecule has 10 heteroatoms. The van der Waals surface area contributed by atoms with Gasteiger partial charge >= 0.3 is 0 Å². The molecular weight excluding hydrogens is 468 g/mol. The molecule has 1 aliphatic heterocycles. The first kappa shape index (κ1) is 23.1. The van der Waals surface area contributed by atoms with Crippen LogP contribution in [0.3, 0.4) is 0 Å². The Balaban J connectivity index is 1.51. The van der Waals surface area contributed by atoms with Gasteiger partial charge in [0.2, 0.25) is 15.9 Å². The minimum absolute atomic E-state index is 0.134. The summed E-state index contributed by atoms with van der Waals surface area (Å²) in [5.41, 5.74) is 2.14. The van der Waals surface area contributed by atoms with E-state index >= 15 is 0 Å². The highest BCUT2D eigenvalue weighted by molar-refractivity contribution is 8.00. The van der Waals surface area contributed by atoms with Crippen LogP contribution in [0, 0.1) is 0 Å². The predicted octanol–water partition coefficient (Wildman–Crippen LogP) is 4.52. The third kappa shape index (κ3) is 4.66. The van der Waals surface area contributed by atoms with Gasteiger partial charge in [0.15, 0.2) is 5.16 Å². The molecule has 7 nitrogen and oxygen atoms in total. The molecule has 4 rings (SSSR count). The van der Waals surface area contributed by atoms with Crippen LogP contribution in [0.2, 0.25) is 5.02 Å². The number of imidazole rings is 1. The highest BCUT2D eigenvalue weighted by Crippen LogP contribution is 2.30. The number of rotatable bonds is 6. The Morgan fingerprint density at radius 2 is 1.88 bits per heavy atom. The Labute approximate surface area is 197 Å². The molecule has 1 aromatic heterocycles. The van der Waals surface area contributed by atoms with Gasteiger partial charge < -0.3 is 9.88 Å². The van der Waals surface area contributed by atoms with Crippen LogP contribution >= 0.6 is 23.4 Å². The van der Waals surface area contributed by atoms with Crippen molar-refractivity contribution < 1.29 is 13.2 Å². The summed E-state index contributed by atoms with van der Waals surface area (Å²) < 4.78 is 29.4. The van der Waals surface area contributed by atoms with Gasteiger partial charge in [-0.1, -0.05) is 41.9 Å². The van der Waals surface area contributed by atoms with Gasteiger partial charge in [0.1, 0.15) is 0 Å². The molecule has 1 fully saturated rings. The number of aryl methyl sites for hydroxylation is 1. The number of sulfonamides is 1. The van der Waals surface area contributed by atoms with Crippen molar-refractivity contribution in [1.29, 1.82) is 0 Å². The lowest BCUT2D eigenvalue weighted by Gasteiger charge is -2.26. The van der Waals surface area contributed by atoms with E-state index in [-0.39, 0.29) is 21.5 Å². The Morgan fingerprint density at radius 3 is 2.59 bits per heavy atom. The van der Waals surface area contributed by atoms with E-state index in [0.29, 0.717) is 13.1 Å². The number of carbonyl (C=O) groups excluding carboxylic acids is 1. The average molecular weight is 493 g/mol. The lowest BCUT2D eigenvalue weighted by atomic mass is 10.2. The van der Waals surface area contributed by atoms with Crippen LogP contribution in [0.15, 0.2) is 52.5 Å². The quantitative estimate of drug-likeness (QED) is 0.511. The topological polar surface area (TPSA) is 84.3 Å². The Bertz CT molecular complexity index is 1250. The van der Waals surface area contributed by atoms with Crippen LogP contribution in [0.1, 0.15) is 26.2 Å². The highest BCUT2D eigenvalue weighted by atomic mass is 35.5. The minimum atomic E-state index is -3.62. The third-order valence-corrected chi connectivity index (χ3v) is 8.91. The lowest BCUT2D eigenvalue weighted by molar-refractivity contribution is -0.115. The molecule has 170 valence electrons. The summed E-state index contributed by atoms with van der Waals surface area (Å²) in [6, 6.07) is 12.2. The van der Waals surface area contributed by atoms with Gasteiger partial charge in [-0.15, -0.1) is 0 Å². The van der Waals surface area contributed by atoms with E-state index in [4.69, 9.17) is 11.6 Å². The zero-order valence-corrected chi connectivity index (χ0v) is 20.3. The number of piperidine rings is 1. The number of nitrogens with zero attached hydrogens (tertiary/aromatic N) is 3. The molecule has 0 saturated carbocycles. The number of nitrogens with one attached hydrogen (secondary N) is 1. The number of halogens is 1. The van der Waals surface area contributed by atoms with E-state index in [9.17, 15) is 13.2 Å². The SMILES string of the molecule is CC(Sc1nc2ccccc2n1C)C(=O)Nc1cc(S(=O)(=O)N2CCCCC2)ccc1Cl. The van der Waals surface area contributed by atoms with Gasteiger partial charge in [0.25, 0.3) is 0 Å². The summed E-state index contributed by atoms with van der Waals surface area (Å²) in [5, 5.41) is 3.33. The fourth-order valence-corrected chi connectivity index (χ4v) is 6.29. The molecular formula is C22H25ClN4O3S2. The van der Waals surface area contributed by atoms with Crippen molar-refractivity contribution >= 4 is 56.0 Å². The Hall–Kier alpha value is -2.07. The predicted molar refractivity (Wildman–Crippen MR) is 129 cm³/mol. The van der Waals surface area contributed by atoms with Crippen molar-refractivity contribution in [2.24, 2.45) is 7.05 Å². The number of anilines is 1. The minimum Gasteiger partial charge on any atom is -0.324 e. The van der Waals surface area contributed by atoms with Gasteiger partial charge in [0.05, 0.1) is 31.9 Å². The summed E-state index contributed by atoms with van der Waals surface area (Å²) in [6.07, 6.45) is 2.75. The van der Waals surface area contributed by atoms with E-state index in [1.807, 2.05) is 35.9 Å². The van der Waals surface area contributed by atoms with Gasteiger partial charge in [-0.05, 0) is 50.1 Å². The molecule has 2 aromatic carbocycles. The van der Waals surface area contributed by atoms with Crippen molar-refractivity contribution in [3.63, 3.8) is 0 Å². The fourth-order valence-electron chi connectivity index (χ4n) is 3.69. The highest BCUT2D eigenvalue weighted by Gasteiger charge is 2.27. The van der Waals surface area contributed by atoms with Crippen LogP contribution in [-0.4, -0.2) is 46.5 Å². The molecule has 1 atom stereocenters. The zero-order chi connectivity index (χ0) is 22.9. The lowest BCUT2D eigenvalue weighted by Crippen LogP contribution is -2.35. The number of hydrogen-bond donors (Lipinski definition) is 1. The van der Waals surface area contributed by atoms with Crippen molar-refractivity contribution in [2.45, 2.75) is 41.5 Å². The summed E-state index contributed by atoms with van der Waals surface area (Å²) in [4.78, 5) is 17.6. The molecule has 3 aromatic rings. The second-order valence-electron chi connectivity index (χ2n) is 7.80. The van der Waals surface area contributed by atoms with Crippen LogP contribution in [0.25, 0.3) is 11.0 Å². The van der Waals surface area contributed by atoms with Crippen LogP contribution in [0.5, 0.6) is 0 Å². The third-order valence-electron chi connectivity index (χ3n) is 5.55. The van der Waals surface area contributed by atoms with E-state index in [0.717, 1.165) is 35.5 Å². The average Bonchev–Trinajstić information content (AvgIpc) is 3.11. The van der Waals surface area contributed by atoms with Crippen molar-refractivity contribution in [3.8, 4) is 0 Å². The van der Waals surface area contributed by atoms with Gasteiger partial charge in [-0.3, -0.25) is 4.79 Å². The molecule has 1 unspecified atom stereocenters. The summed E-state index contributed by atoms with van der Waals surface area (Å²) in [6.45, 7) is 2.80. The number of para-hydroxylation sites is 2. The number of carbonyl (C=O) groups is 1. The summed E-state index contributed by atoms with van der Waals surface area (Å²) in [7, 11) is -1.71. The van der Waals surface area contributed by atoms with E-state index < -0.39 is 15.3 Å². The number of fused-ring (bicyclic) bond motifs is 1. The fraction of sp³-hybridized carbons (Fsp3) is 0.364. The standard InChI is InChI=1S/C22H25ClN4O3S2/c1-15(31-22-25-18-8-4-5-9-20(18)26(22)2)21(28)24-19-14-16(10-11-17(19)23)32(29,30)27-12-6-3-7-13-27/h4-5,8-11,14-15H,3,6-7,12-13H2,1-2H3,(H,24,28). The normalized spacial score (nSPS) is 16.2.